The molecule has 4 saturated heterocycles. The normalized spacial score (nSPS) is 20.4. The molecule has 430 valence electrons. The van der Waals surface area contributed by atoms with Crippen LogP contribution >= 0.6 is 11.8 Å². The van der Waals surface area contributed by atoms with E-state index in [0.29, 0.717) is 138 Å². The van der Waals surface area contributed by atoms with E-state index in [1.165, 1.54) is 0 Å². The number of nitrogens with one attached hydrogen (secondary N) is 1. The molecule has 4 unspecified atom stereocenters. The lowest BCUT2D eigenvalue weighted by molar-refractivity contribution is -0.135. The number of piperazine rings is 4. The molecule has 0 aliphatic carbocycles. The molecule has 0 aromatic rings. The molecule has 4 atom stereocenters. The Bertz CT molecular complexity index is 1430. The van der Waals surface area contributed by atoms with Gasteiger partial charge in [-0.15, -0.1) is 0 Å². The lowest BCUT2D eigenvalue weighted by atomic mass is 9.92. The van der Waals surface area contributed by atoms with Gasteiger partial charge in [-0.05, 0) is 39.2 Å². The maximum atomic E-state index is 12.2. The SMILES string of the molecule is CCOC(=O)N1CCN(CC(O)COCC(COCC(O)CN2CCN(CCNC(=O)CCCSC)CC2)(COCC(O)CN2CCN(C(=O)OCC)CC2)COCC(O)CN2CCN(C(=O)OCC)CC2)CC1. The quantitative estimate of drug-likeness (QED) is 0.0370. The average molecular weight is 1080 g/mol. The van der Waals surface area contributed by atoms with Crippen LogP contribution in [0.25, 0.3) is 0 Å². The Kier molecular flexibility index (Phi) is 31.2. The number of carbonyl (C=O) groups excluding carboxylic acids is 4. The molecule has 0 saturated carbocycles. The van der Waals surface area contributed by atoms with Crippen molar-refractivity contribution in [2.24, 2.45) is 5.41 Å². The van der Waals surface area contributed by atoms with Gasteiger partial charge in [0.15, 0.2) is 0 Å². The van der Waals surface area contributed by atoms with Gasteiger partial charge in [-0.2, -0.15) is 11.8 Å². The number of aliphatic hydroxyl groups is 4. The number of hydrogen-bond acceptors (Lipinski definition) is 21. The molecule has 24 nitrogen and oxygen atoms in total. The number of nitrogens with zero attached hydrogens (tertiary/aromatic N) is 8. The molecule has 4 aliphatic rings. The molecule has 4 aliphatic heterocycles. The van der Waals surface area contributed by atoms with Crippen molar-refractivity contribution in [2.75, 3.05) is 229 Å². The third kappa shape index (κ3) is 25.1. The summed E-state index contributed by atoms with van der Waals surface area (Å²) < 4.78 is 40.6. The minimum atomic E-state index is -1.02. The first-order chi connectivity index (χ1) is 35.7. The number of hydrogen-bond donors (Lipinski definition) is 5. The van der Waals surface area contributed by atoms with Gasteiger partial charge in [0.05, 0.1) is 103 Å². The molecule has 74 heavy (non-hydrogen) atoms. The topological polar surface area (TPSA) is 252 Å². The fourth-order valence-electron chi connectivity index (χ4n) is 9.30. The predicted molar refractivity (Wildman–Crippen MR) is 278 cm³/mol. The van der Waals surface area contributed by atoms with E-state index in [4.69, 9.17) is 33.2 Å². The average Bonchev–Trinajstić information content (AvgIpc) is 3.38. The number of ether oxygens (including phenoxy) is 7. The first-order valence-electron chi connectivity index (χ1n) is 26.9. The summed E-state index contributed by atoms with van der Waals surface area (Å²) in [5.74, 6) is 1.05. The number of amides is 4. The highest BCUT2D eigenvalue weighted by atomic mass is 32.2. The van der Waals surface area contributed by atoms with Crippen LogP contribution in [-0.4, -0.2) is 337 Å². The van der Waals surface area contributed by atoms with E-state index in [1.54, 1.807) is 47.2 Å². The Morgan fingerprint density at radius 1 is 0.486 bits per heavy atom. The first-order valence-corrected chi connectivity index (χ1v) is 28.3. The second-order valence-electron chi connectivity index (χ2n) is 19.7. The van der Waals surface area contributed by atoms with Crippen LogP contribution < -0.4 is 5.32 Å². The molecule has 25 heteroatoms. The van der Waals surface area contributed by atoms with E-state index in [-0.39, 0.29) is 77.0 Å². The zero-order valence-corrected chi connectivity index (χ0v) is 45.8. The summed E-state index contributed by atoms with van der Waals surface area (Å²) in [6, 6.07) is 0. The summed E-state index contributed by atoms with van der Waals surface area (Å²) in [6.45, 7) is 18.4. The first kappa shape index (κ1) is 63.6. The summed E-state index contributed by atoms with van der Waals surface area (Å²) in [5.41, 5.74) is -1.02. The third-order valence-electron chi connectivity index (χ3n) is 13.4. The van der Waals surface area contributed by atoms with Gasteiger partial charge in [0.2, 0.25) is 5.91 Å². The molecule has 0 aromatic heterocycles. The highest BCUT2D eigenvalue weighted by Gasteiger charge is 2.35. The van der Waals surface area contributed by atoms with Gasteiger partial charge in [-0.25, -0.2) is 14.4 Å². The van der Waals surface area contributed by atoms with Crippen molar-refractivity contribution < 1.29 is 72.8 Å². The van der Waals surface area contributed by atoms with Crippen LogP contribution in [0.4, 0.5) is 14.4 Å². The van der Waals surface area contributed by atoms with Gasteiger partial charge in [-0.1, -0.05) is 0 Å². The molecule has 0 bridgehead atoms. The lowest BCUT2D eigenvalue weighted by Gasteiger charge is -2.37. The second kappa shape index (κ2) is 36.3. The van der Waals surface area contributed by atoms with Gasteiger partial charge in [0.25, 0.3) is 0 Å². The van der Waals surface area contributed by atoms with E-state index < -0.39 is 29.8 Å². The van der Waals surface area contributed by atoms with Crippen LogP contribution in [-0.2, 0) is 38.0 Å². The van der Waals surface area contributed by atoms with Crippen LogP contribution in [0.1, 0.15) is 33.6 Å². The lowest BCUT2D eigenvalue weighted by Crippen LogP contribution is -2.51. The maximum absolute atomic E-state index is 12.2. The standard InChI is InChI=1S/C49H93N9O15S/c1-5-71-46(64)56-22-16-53(17-23-56)30-42(60)34-68-38-49(39-69-35-43(61)31-54-18-24-57(25-19-54)47(65)72-6-2,40-70-36-44(62)32-55-20-26-58(27-21-55)48(66)73-7-3)37-67-33-41(59)29-52-14-12-51(13-15-52)11-10-50-45(63)9-8-28-74-4/h41-44,59-62H,5-40H2,1-4H3,(H,50,63). The summed E-state index contributed by atoms with van der Waals surface area (Å²) in [4.78, 5) is 64.6. The third-order valence-corrected chi connectivity index (χ3v) is 14.1. The van der Waals surface area contributed by atoms with Crippen molar-refractivity contribution in [3.8, 4) is 0 Å². The monoisotopic (exact) mass is 1080 g/mol. The minimum absolute atomic E-state index is 0.00569. The Morgan fingerprint density at radius 2 is 0.784 bits per heavy atom. The van der Waals surface area contributed by atoms with Crippen LogP contribution in [0.2, 0.25) is 0 Å². The van der Waals surface area contributed by atoms with Crippen molar-refractivity contribution >= 4 is 35.9 Å². The van der Waals surface area contributed by atoms with E-state index in [0.717, 1.165) is 44.9 Å². The molecule has 4 fully saturated rings. The van der Waals surface area contributed by atoms with Gasteiger partial charge in [-0.3, -0.25) is 29.3 Å². The Balaban J connectivity index is 1.36. The molecule has 0 aromatic carbocycles. The van der Waals surface area contributed by atoms with E-state index >= 15 is 0 Å². The maximum Gasteiger partial charge on any atom is 0.409 e. The van der Waals surface area contributed by atoms with Crippen LogP contribution in [0, 0.1) is 5.41 Å². The minimum Gasteiger partial charge on any atom is -0.450 e. The molecule has 5 N–H and O–H groups in total. The number of β-amino-alcohol motifs (C(OH)–C–C–N with tert-alkyl or cyclic N) is 4. The Labute approximate surface area is 444 Å². The van der Waals surface area contributed by atoms with Crippen molar-refractivity contribution in [3.63, 3.8) is 0 Å². The molecule has 4 heterocycles. The molecule has 4 rings (SSSR count). The molecular formula is C49H93N9O15S. The van der Waals surface area contributed by atoms with Crippen LogP contribution in [0.3, 0.4) is 0 Å². The highest BCUT2D eigenvalue weighted by molar-refractivity contribution is 7.98. The summed E-state index contributed by atoms with van der Waals surface area (Å²) in [7, 11) is 0. The summed E-state index contributed by atoms with van der Waals surface area (Å²) in [5, 5.41) is 47.8. The van der Waals surface area contributed by atoms with E-state index in [2.05, 4.69) is 29.8 Å². The van der Waals surface area contributed by atoms with Gasteiger partial charge in [0, 0.05) is 150 Å². The predicted octanol–water partition coefficient (Wildman–Crippen LogP) is -1.32. The number of rotatable bonds is 34. The molecule has 4 amide bonds. The number of aliphatic hydroxyl groups excluding tert-OH is 4. The van der Waals surface area contributed by atoms with Crippen molar-refractivity contribution in [2.45, 2.75) is 58.0 Å². The highest BCUT2D eigenvalue weighted by Crippen LogP contribution is 2.23. The Morgan fingerprint density at radius 3 is 1.08 bits per heavy atom. The summed E-state index contributed by atoms with van der Waals surface area (Å²) in [6.07, 6.45) is -1.00. The fraction of sp³-hybridized carbons (Fsp3) is 0.918. The van der Waals surface area contributed by atoms with Crippen molar-refractivity contribution in [1.29, 1.82) is 0 Å². The molecular weight excluding hydrogens is 987 g/mol. The van der Waals surface area contributed by atoms with Gasteiger partial charge >= 0.3 is 18.3 Å². The van der Waals surface area contributed by atoms with Crippen LogP contribution in [0.15, 0.2) is 0 Å². The van der Waals surface area contributed by atoms with Gasteiger partial charge < -0.3 is 73.6 Å². The van der Waals surface area contributed by atoms with Crippen LogP contribution in [0.5, 0.6) is 0 Å². The van der Waals surface area contributed by atoms with E-state index in [1.807, 2.05) is 6.26 Å². The van der Waals surface area contributed by atoms with Crippen molar-refractivity contribution in [1.82, 2.24) is 44.5 Å². The van der Waals surface area contributed by atoms with E-state index in [9.17, 15) is 39.6 Å². The smallest absolute Gasteiger partial charge is 0.409 e. The van der Waals surface area contributed by atoms with Gasteiger partial charge in [0.1, 0.15) is 0 Å². The second-order valence-corrected chi connectivity index (χ2v) is 20.7. The van der Waals surface area contributed by atoms with Crippen molar-refractivity contribution in [3.05, 3.63) is 0 Å². The molecule has 0 spiro atoms. The number of thioether (sulfide) groups is 1. The number of carbonyl (C=O) groups is 4. The molecule has 0 radical (unpaired) electrons. The fourth-order valence-corrected chi connectivity index (χ4v) is 9.73. The Hall–Kier alpha value is -2.89. The zero-order valence-electron chi connectivity index (χ0n) is 45.0. The summed E-state index contributed by atoms with van der Waals surface area (Å²) >= 11 is 1.74. The zero-order chi connectivity index (χ0) is 53.6. The largest absolute Gasteiger partial charge is 0.450 e.